The number of anilines is 1. The molecule has 0 radical (unpaired) electrons. The molecule has 1 saturated heterocycles. The van der Waals surface area contributed by atoms with E-state index in [0.717, 1.165) is 68.5 Å². The standard InChI is InChI=1S/C23H31N7O/c1-24-23(25-13-6-12-22-28-27-21-11-3-4-15-30(21)22)26-18-8-7-14-29(17-18)19-9-5-10-20(16-19)31-2/h3-5,9-11,15-16,18H,6-8,12-14,17H2,1-2H3,(H2,24,25,26). The molecule has 0 bridgehead atoms. The summed E-state index contributed by atoms with van der Waals surface area (Å²) in [5.41, 5.74) is 2.09. The van der Waals surface area contributed by atoms with Crippen LogP contribution in [0.5, 0.6) is 5.75 Å². The molecular formula is C23H31N7O. The van der Waals surface area contributed by atoms with Gasteiger partial charge in [-0.15, -0.1) is 10.2 Å². The Bertz CT molecular complexity index is 1020. The van der Waals surface area contributed by atoms with E-state index in [1.165, 1.54) is 5.69 Å². The highest BCUT2D eigenvalue weighted by molar-refractivity contribution is 5.80. The normalized spacial score (nSPS) is 17.0. The first-order valence-electron chi connectivity index (χ1n) is 10.9. The quantitative estimate of drug-likeness (QED) is 0.347. The van der Waals surface area contributed by atoms with Crippen LogP contribution in [0.2, 0.25) is 0 Å². The molecular weight excluding hydrogens is 390 g/mol. The highest BCUT2D eigenvalue weighted by atomic mass is 16.5. The molecule has 8 heteroatoms. The second-order valence-corrected chi connectivity index (χ2v) is 7.78. The SMILES string of the molecule is CN=C(NCCCc1nnc2ccccn12)NC1CCCN(c2cccc(OC)c2)C1. The second kappa shape index (κ2) is 10.1. The lowest BCUT2D eigenvalue weighted by Gasteiger charge is -2.35. The Balaban J connectivity index is 1.25. The molecule has 1 atom stereocenters. The van der Waals surface area contributed by atoms with Crippen LogP contribution in [0, 0.1) is 0 Å². The van der Waals surface area contributed by atoms with Crippen LogP contribution in [0.1, 0.15) is 25.1 Å². The maximum atomic E-state index is 5.38. The Morgan fingerprint density at radius 3 is 3.03 bits per heavy atom. The molecule has 0 amide bonds. The van der Waals surface area contributed by atoms with Gasteiger partial charge in [0, 0.05) is 57.1 Å². The Labute approximate surface area is 183 Å². The first-order valence-corrected chi connectivity index (χ1v) is 10.9. The van der Waals surface area contributed by atoms with Crippen molar-refractivity contribution in [2.45, 2.75) is 31.7 Å². The van der Waals surface area contributed by atoms with E-state index in [1.54, 1.807) is 7.11 Å². The average Bonchev–Trinajstić information content (AvgIpc) is 3.24. The van der Waals surface area contributed by atoms with Crippen LogP contribution in [-0.4, -0.2) is 60.4 Å². The molecule has 1 aromatic carbocycles. The number of pyridine rings is 1. The second-order valence-electron chi connectivity index (χ2n) is 7.78. The van der Waals surface area contributed by atoms with Crippen molar-refractivity contribution < 1.29 is 4.74 Å². The van der Waals surface area contributed by atoms with Crippen molar-refractivity contribution in [1.82, 2.24) is 25.2 Å². The minimum atomic E-state index is 0.353. The molecule has 31 heavy (non-hydrogen) atoms. The topological polar surface area (TPSA) is 79.1 Å². The highest BCUT2D eigenvalue weighted by Crippen LogP contribution is 2.24. The van der Waals surface area contributed by atoms with Crippen molar-refractivity contribution in [3.8, 4) is 5.75 Å². The minimum Gasteiger partial charge on any atom is -0.497 e. The average molecular weight is 422 g/mol. The van der Waals surface area contributed by atoms with Crippen LogP contribution in [0.25, 0.3) is 5.65 Å². The Morgan fingerprint density at radius 1 is 1.23 bits per heavy atom. The van der Waals surface area contributed by atoms with E-state index in [1.807, 2.05) is 48.0 Å². The van der Waals surface area contributed by atoms with E-state index in [-0.39, 0.29) is 0 Å². The molecule has 3 aromatic rings. The predicted molar refractivity (Wildman–Crippen MR) is 124 cm³/mol. The third-order valence-electron chi connectivity index (χ3n) is 5.66. The first kappa shape index (κ1) is 21.0. The largest absolute Gasteiger partial charge is 0.497 e. The van der Waals surface area contributed by atoms with Gasteiger partial charge < -0.3 is 20.3 Å². The number of guanidine groups is 1. The zero-order chi connectivity index (χ0) is 21.5. The summed E-state index contributed by atoms with van der Waals surface area (Å²) in [6.07, 6.45) is 6.10. The Kier molecular flexibility index (Phi) is 6.86. The summed E-state index contributed by atoms with van der Waals surface area (Å²) in [6.45, 7) is 2.83. The number of nitrogens with zero attached hydrogens (tertiary/aromatic N) is 5. The van der Waals surface area contributed by atoms with Crippen molar-refractivity contribution in [1.29, 1.82) is 0 Å². The first-order chi connectivity index (χ1) is 15.3. The highest BCUT2D eigenvalue weighted by Gasteiger charge is 2.21. The van der Waals surface area contributed by atoms with Crippen LogP contribution in [0.4, 0.5) is 5.69 Å². The third kappa shape index (κ3) is 5.25. The van der Waals surface area contributed by atoms with Gasteiger partial charge in [-0.3, -0.25) is 9.39 Å². The van der Waals surface area contributed by atoms with E-state index in [9.17, 15) is 0 Å². The number of rotatable bonds is 7. The van der Waals surface area contributed by atoms with Crippen LogP contribution < -0.4 is 20.3 Å². The molecule has 2 N–H and O–H groups in total. The van der Waals surface area contributed by atoms with Crippen molar-refractivity contribution in [3.63, 3.8) is 0 Å². The smallest absolute Gasteiger partial charge is 0.191 e. The van der Waals surface area contributed by atoms with Crippen LogP contribution in [0.3, 0.4) is 0 Å². The molecule has 1 aliphatic heterocycles. The molecule has 1 aliphatic rings. The van der Waals surface area contributed by atoms with E-state index in [2.05, 4.69) is 42.9 Å². The van der Waals surface area contributed by atoms with Crippen molar-refractivity contribution >= 4 is 17.3 Å². The lowest BCUT2D eigenvalue weighted by molar-refractivity contribution is 0.414. The molecule has 4 rings (SSSR count). The number of benzene rings is 1. The number of piperidine rings is 1. The summed E-state index contributed by atoms with van der Waals surface area (Å²) >= 11 is 0. The van der Waals surface area contributed by atoms with Crippen LogP contribution in [0.15, 0.2) is 53.7 Å². The maximum Gasteiger partial charge on any atom is 0.191 e. The Morgan fingerprint density at radius 2 is 2.16 bits per heavy atom. The fourth-order valence-corrected chi connectivity index (χ4v) is 4.04. The fraction of sp³-hybridized carbons (Fsp3) is 0.435. The molecule has 164 valence electrons. The molecule has 0 aliphatic carbocycles. The van der Waals surface area contributed by atoms with Gasteiger partial charge in [-0.1, -0.05) is 12.1 Å². The molecule has 0 spiro atoms. The predicted octanol–water partition coefficient (Wildman–Crippen LogP) is 2.50. The number of aromatic nitrogens is 3. The number of hydrogen-bond acceptors (Lipinski definition) is 5. The summed E-state index contributed by atoms with van der Waals surface area (Å²) in [7, 11) is 3.53. The number of aryl methyl sites for hydroxylation is 1. The van der Waals surface area contributed by atoms with E-state index >= 15 is 0 Å². The summed E-state index contributed by atoms with van der Waals surface area (Å²) in [5.74, 6) is 2.73. The zero-order valence-electron chi connectivity index (χ0n) is 18.3. The van der Waals surface area contributed by atoms with Gasteiger partial charge in [-0.05, 0) is 43.5 Å². The summed E-state index contributed by atoms with van der Waals surface area (Å²) in [4.78, 5) is 6.82. The maximum absolute atomic E-state index is 5.38. The third-order valence-corrected chi connectivity index (χ3v) is 5.66. The molecule has 2 aromatic heterocycles. The Hall–Kier alpha value is -3.29. The van der Waals surface area contributed by atoms with E-state index in [0.29, 0.717) is 6.04 Å². The van der Waals surface area contributed by atoms with Gasteiger partial charge in [-0.25, -0.2) is 0 Å². The van der Waals surface area contributed by atoms with Gasteiger partial charge >= 0.3 is 0 Å². The number of methoxy groups -OCH3 is 1. The van der Waals surface area contributed by atoms with Crippen LogP contribution in [-0.2, 0) is 6.42 Å². The number of ether oxygens (including phenoxy) is 1. The zero-order valence-corrected chi connectivity index (χ0v) is 18.3. The molecule has 8 nitrogen and oxygen atoms in total. The van der Waals surface area contributed by atoms with Gasteiger partial charge in [-0.2, -0.15) is 0 Å². The van der Waals surface area contributed by atoms with Gasteiger partial charge in [0.25, 0.3) is 0 Å². The van der Waals surface area contributed by atoms with Crippen molar-refractivity contribution in [3.05, 3.63) is 54.5 Å². The van der Waals surface area contributed by atoms with Crippen molar-refractivity contribution in [2.24, 2.45) is 4.99 Å². The van der Waals surface area contributed by atoms with Gasteiger partial charge in [0.05, 0.1) is 7.11 Å². The van der Waals surface area contributed by atoms with Gasteiger partial charge in [0.1, 0.15) is 11.6 Å². The number of nitrogens with one attached hydrogen (secondary N) is 2. The van der Waals surface area contributed by atoms with Crippen molar-refractivity contribution in [2.75, 3.05) is 38.7 Å². The van der Waals surface area contributed by atoms with E-state index in [4.69, 9.17) is 4.74 Å². The summed E-state index contributed by atoms with van der Waals surface area (Å²) < 4.78 is 7.42. The van der Waals surface area contributed by atoms with Crippen LogP contribution >= 0.6 is 0 Å². The number of hydrogen-bond donors (Lipinski definition) is 2. The summed E-state index contributed by atoms with van der Waals surface area (Å²) in [6, 6.07) is 14.6. The number of fused-ring (bicyclic) bond motifs is 1. The van der Waals surface area contributed by atoms with Gasteiger partial charge in [0.15, 0.2) is 11.6 Å². The van der Waals surface area contributed by atoms with Gasteiger partial charge in [0.2, 0.25) is 0 Å². The number of aliphatic imine (C=N–C) groups is 1. The van der Waals surface area contributed by atoms with E-state index < -0.39 is 0 Å². The monoisotopic (exact) mass is 421 g/mol. The lowest BCUT2D eigenvalue weighted by atomic mass is 10.0. The minimum absolute atomic E-state index is 0.353. The molecule has 1 fully saturated rings. The fourth-order valence-electron chi connectivity index (χ4n) is 4.04. The summed E-state index contributed by atoms with van der Waals surface area (Å²) in [5, 5.41) is 15.5. The molecule has 3 heterocycles. The molecule has 1 unspecified atom stereocenters. The molecule has 0 saturated carbocycles. The lowest BCUT2D eigenvalue weighted by Crippen LogP contribution is -2.51.